The Morgan fingerprint density at radius 1 is 1.35 bits per heavy atom. The predicted octanol–water partition coefficient (Wildman–Crippen LogP) is 1.27. The number of hydrogen-bond acceptors (Lipinski definition) is 5. The molecule has 1 aromatic heterocycles. The summed E-state index contributed by atoms with van der Waals surface area (Å²) < 4.78 is 12.3. The molecule has 114 valence electrons. The van der Waals surface area contributed by atoms with Crippen molar-refractivity contribution in [3.8, 4) is 0 Å². The lowest BCUT2D eigenvalue weighted by Crippen LogP contribution is -2.28. The Balaban J connectivity index is 2.50. The number of ether oxygens (including phenoxy) is 2. The first-order valence-corrected chi connectivity index (χ1v) is 7.11. The van der Waals surface area contributed by atoms with Gasteiger partial charge in [0.15, 0.2) is 0 Å². The molecule has 20 heavy (non-hydrogen) atoms. The quantitative estimate of drug-likeness (QED) is 0.517. The normalized spacial score (nSPS) is 11.0. The second kappa shape index (κ2) is 9.44. The Bertz CT molecular complexity index is 389. The van der Waals surface area contributed by atoms with Gasteiger partial charge in [0.25, 0.3) is 0 Å². The van der Waals surface area contributed by atoms with Gasteiger partial charge in [-0.2, -0.15) is 0 Å². The number of amides is 1. The molecule has 1 aromatic rings. The number of hydrogen-bond donors (Lipinski definition) is 1. The molecule has 1 heterocycles. The highest BCUT2D eigenvalue weighted by atomic mass is 16.7. The van der Waals surface area contributed by atoms with Crippen LogP contribution in [0.25, 0.3) is 0 Å². The monoisotopic (exact) mass is 284 g/mol. The lowest BCUT2D eigenvalue weighted by molar-refractivity contribution is -0.142. The van der Waals surface area contributed by atoms with Crippen molar-refractivity contribution in [3.05, 3.63) is 11.9 Å². The van der Waals surface area contributed by atoms with Gasteiger partial charge in [-0.25, -0.2) is 4.68 Å². The number of carbonyl (C=O) groups is 1. The van der Waals surface area contributed by atoms with E-state index in [9.17, 15) is 4.79 Å². The number of aromatic nitrogens is 3. The minimum Gasteiger partial charge on any atom is -0.354 e. The van der Waals surface area contributed by atoms with Crippen LogP contribution < -0.4 is 5.32 Å². The van der Waals surface area contributed by atoms with E-state index in [2.05, 4.69) is 22.6 Å². The van der Waals surface area contributed by atoms with E-state index < -0.39 is 6.29 Å². The molecule has 0 saturated carbocycles. The van der Waals surface area contributed by atoms with Gasteiger partial charge in [0, 0.05) is 19.8 Å². The van der Waals surface area contributed by atoms with Crippen LogP contribution in [0.2, 0.25) is 0 Å². The average Bonchev–Trinajstić information content (AvgIpc) is 2.87. The molecule has 0 spiro atoms. The Labute approximate surface area is 119 Å². The number of unbranched alkanes of at least 4 members (excludes halogenated alkanes) is 1. The third-order valence-corrected chi connectivity index (χ3v) is 2.59. The summed E-state index contributed by atoms with van der Waals surface area (Å²) in [6.07, 6.45) is 3.18. The minimum atomic E-state index is -0.526. The fraction of sp³-hybridized carbons (Fsp3) is 0.769. The number of carbonyl (C=O) groups excluding carboxylic acids is 1. The van der Waals surface area contributed by atoms with Crippen LogP contribution in [0, 0.1) is 0 Å². The van der Waals surface area contributed by atoms with E-state index in [1.54, 1.807) is 6.20 Å². The average molecular weight is 284 g/mol. The van der Waals surface area contributed by atoms with E-state index in [0.29, 0.717) is 25.5 Å². The summed E-state index contributed by atoms with van der Waals surface area (Å²) in [6, 6.07) is 0. The zero-order chi connectivity index (χ0) is 14.8. The van der Waals surface area contributed by atoms with Crippen LogP contribution in [-0.2, 0) is 20.8 Å². The molecule has 0 saturated heterocycles. The van der Waals surface area contributed by atoms with Crippen molar-refractivity contribution in [2.24, 2.45) is 0 Å². The van der Waals surface area contributed by atoms with E-state index in [4.69, 9.17) is 9.47 Å². The van der Waals surface area contributed by atoms with Gasteiger partial charge in [0.05, 0.1) is 6.20 Å². The molecule has 1 rings (SSSR count). The first-order valence-electron chi connectivity index (χ1n) is 7.11. The van der Waals surface area contributed by atoms with Gasteiger partial charge in [-0.15, -0.1) is 5.10 Å². The molecule has 0 aliphatic heterocycles. The molecule has 0 aromatic carbocycles. The van der Waals surface area contributed by atoms with Crippen molar-refractivity contribution in [3.63, 3.8) is 0 Å². The Morgan fingerprint density at radius 3 is 2.65 bits per heavy atom. The zero-order valence-corrected chi connectivity index (χ0v) is 12.5. The van der Waals surface area contributed by atoms with E-state index in [1.165, 1.54) is 4.68 Å². The third-order valence-electron chi connectivity index (χ3n) is 2.59. The van der Waals surface area contributed by atoms with Crippen molar-refractivity contribution >= 4 is 5.91 Å². The first kappa shape index (κ1) is 16.6. The largest absolute Gasteiger partial charge is 0.354 e. The fourth-order valence-electron chi connectivity index (χ4n) is 1.63. The highest BCUT2D eigenvalue weighted by molar-refractivity contribution is 5.75. The van der Waals surface area contributed by atoms with E-state index >= 15 is 0 Å². The first-order chi connectivity index (χ1) is 9.71. The number of nitrogens with zero attached hydrogens (tertiary/aromatic N) is 3. The van der Waals surface area contributed by atoms with Crippen molar-refractivity contribution in [1.29, 1.82) is 0 Å². The van der Waals surface area contributed by atoms with Gasteiger partial charge in [0.1, 0.15) is 12.2 Å². The van der Waals surface area contributed by atoms with Crippen LogP contribution in [0.5, 0.6) is 0 Å². The summed E-state index contributed by atoms with van der Waals surface area (Å²) in [5.41, 5.74) is 0.579. The second-order valence-electron chi connectivity index (χ2n) is 4.29. The zero-order valence-electron chi connectivity index (χ0n) is 12.5. The molecule has 0 aliphatic rings. The lowest BCUT2D eigenvalue weighted by Gasteiger charge is -2.13. The van der Waals surface area contributed by atoms with E-state index in [-0.39, 0.29) is 12.5 Å². The third kappa shape index (κ3) is 5.66. The second-order valence-corrected chi connectivity index (χ2v) is 4.29. The number of nitrogens with one attached hydrogen (secondary N) is 1. The maximum atomic E-state index is 11.7. The van der Waals surface area contributed by atoms with Crippen molar-refractivity contribution < 1.29 is 14.3 Å². The molecule has 0 aliphatic carbocycles. The highest BCUT2D eigenvalue weighted by Gasteiger charge is 2.16. The van der Waals surface area contributed by atoms with E-state index in [1.807, 2.05) is 13.8 Å². The van der Waals surface area contributed by atoms with Crippen LogP contribution in [0.15, 0.2) is 6.20 Å². The topological polar surface area (TPSA) is 78.3 Å². The molecular formula is C13H24N4O3. The van der Waals surface area contributed by atoms with Crippen LogP contribution >= 0.6 is 0 Å². The van der Waals surface area contributed by atoms with Gasteiger partial charge < -0.3 is 14.8 Å². The molecule has 7 nitrogen and oxygen atoms in total. The molecular weight excluding hydrogens is 260 g/mol. The molecule has 7 heteroatoms. The van der Waals surface area contributed by atoms with Gasteiger partial charge >= 0.3 is 0 Å². The molecule has 0 fully saturated rings. The van der Waals surface area contributed by atoms with Crippen molar-refractivity contribution in [2.75, 3.05) is 19.8 Å². The van der Waals surface area contributed by atoms with Gasteiger partial charge in [-0.1, -0.05) is 18.6 Å². The van der Waals surface area contributed by atoms with Crippen molar-refractivity contribution in [2.45, 2.75) is 46.4 Å². The molecule has 0 atom stereocenters. The van der Waals surface area contributed by atoms with E-state index in [0.717, 1.165) is 12.8 Å². The summed E-state index contributed by atoms with van der Waals surface area (Å²) in [4.78, 5) is 11.7. The standard InChI is InChI=1S/C13H24N4O3/c1-4-7-8-14-12(18)10-17-9-11(15-16-17)13(19-5-2)20-6-3/h9,13H,4-8,10H2,1-3H3,(H,14,18). The van der Waals surface area contributed by atoms with Gasteiger partial charge in [-0.05, 0) is 20.3 Å². The summed E-state index contributed by atoms with van der Waals surface area (Å²) >= 11 is 0. The highest BCUT2D eigenvalue weighted by Crippen LogP contribution is 2.15. The summed E-state index contributed by atoms with van der Waals surface area (Å²) in [7, 11) is 0. The Morgan fingerprint density at radius 2 is 2.05 bits per heavy atom. The molecule has 0 radical (unpaired) electrons. The predicted molar refractivity (Wildman–Crippen MR) is 73.9 cm³/mol. The Hall–Kier alpha value is -1.47. The maximum absolute atomic E-state index is 11.7. The molecule has 0 bridgehead atoms. The summed E-state index contributed by atoms with van der Waals surface area (Å²) in [5, 5.41) is 10.7. The van der Waals surface area contributed by atoms with Gasteiger partial charge in [0.2, 0.25) is 12.2 Å². The SMILES string of the molecule is CCCCNC(=O)Cn1cc(C(OCC)OCC)nn1. The van der Waals surface area contributed by atoms with Crippen LogP contribution in [0.1, 0.15) is 45.6 Å². The van der Waals surface area contributed by atoms with Crippen molar-refractivity contribution in [1.82, 2.24) is 20.3 Å². The maximum Gasteiger partial charge on any atom is 0.241 e. The van der Waals surface area contributed by atoms with Gasteiger partial charge in [-0.3, -0.25) is 4.79 Å². The fourth-order valence-corrected chi connectivity index (χ4v) is 1.63. The van der Waals surface area contributed by atoms with Crippen LogP contribution in [0.4, 0.5) is 0 Å². The molecule has 1 amide bonds. The van der Waals surface area contributed by atoms with Crippen LogP contribution in [-0.4, -0.2) is 40.7 Å². The smallest absolute Gasteiger partial charge is 0.241 e. The molecule has 1 N–H and O–H groups in total. The summed E-state index contributed by atoms with van der Waals surface area (Å²) in [6.45, 7) is 7.75. The van der Waals surface area contributed by atoms with Crippen LogP contribution in [0.3, 0.4) is 0 Å². The molecule has 0 unspecified atom stereocenters. The lowest BCUT2D eigenvalue weighted by atomic mass is 10.3. The summed E-state index contributed by atoms with van der Waals surface area (Å²) in [5.74, 6) is -0.0701. The number of rotatable bonds is 10. The Kier molecular flexibility index (Phi) is 7.82. The minimum absolute atomic E-state index is 0.0701.